The number of carboxylic acids is 1. The van der Waals surface area contributed by atoms with Crippen LogP contribution < -0.4 is 70.8 Å². The van der Waals surface area contributed by atoms with Crippen LogP contribution in [-0.2, 0) is 65.6 Å². The molecule has 2 aromatic rings. The van der Waals surface area contributed by atoms with Crippen molar-refractivity contribution in [1.82, 2.24) is 57.8 Å². The quantitative estimate of drug-likeness (QED) is 0.0169. The molecule has 0 aliphatic carbocycles. The van der Waals surface area contributed by atoms with E-state index in [1.54, 1.807) is 34.0 Å². The number of rotatable bonds is 38. The highest BCUT2D eigenvalue weighted by molar-refractivity contribution is 7.98. The number of amides is 10. The van der Waals surface area contributed by atoms with E-state index in [-0.39, 0.29) is 62.7 Å². The zero-order chi connectivity index (χ0) is 61.6. The monoisotopic (exact) mass is 1180 g/mol. The third-order valence-corrected chi connectivity index (χ3v) is 12.8. The summed E-state index contributed by atoms with van der Waals surface area (Å²) < 4.78 is 0. The Balaban J connectivity index is 2.33. The topological polar surface area (TPSA) is 522 Å². The van der Waals surface area contributed by atoms with Crippen molar-refractivity contribution in [3.8, 4) is 5.75 Å². The lowest BCUT2D eigenvalue weighted by Gasteiger charge is -2.28. The number of carbonyl (C=O) groups excluding carboxylic acids is 10. The molecule has 31 nitrogen and oxygen atoms in total. The third kappa shape index (κ3) is 26.0. The number of phenolic OH excluding ortho intramolecular Hbond substituents is 1. The Hall–Kier alpha value is -8.10. The molecule has 0 spiro atoms. The number of nitrogens with zero attached hydrogens (tertiary/aromatic N) is 2. The summed E-state index contributed by atoms with van der Waals surface area (Å²) in [5.41, 5.74) is 22.7. The summed E-state index contributed by atoms with van der Waals surface area (Å²) in [4.78, 5) is 157. The van der Waals surface area contributed by atoms with Gasteiger partial charge in [0.1, 0.15) is 60.1 Å². The molecular weight excluding hydrogens is 1100 g/mol. The molecule has 0 radical (unpaired) electrons. The number of phenols is 1. The molecule has 1 heterocycles. The Bertz CT molecular complexity index is 2480. The fourth-order valence-corrected chi connectivity index (χ4v) is 8.13. The van der Waals surface area contributed by atoms with E-state index in [4.69, 9.17) is 22.9 Å². The van der Waals surface area contributed by atoms with Gasteiger partial charge in [-0.1, -0.05) is 39.8 Å². The van der Waals surface area contributed by atoms with E-state index < -0.39 is 158 Å². The predicted octanol–water partition coefficient (Wildman–Crippen LogP) is -5.93. The average Bonchev–Trinajstić information content (AvgIpc) is 3.95. The van der Waals surface area contributed by atoms with Gasteiger partial charge in [-0.3, -0.25) is 52.9 Å². The normalized spacial score (nSPS) is 14.4. The number of aromatic nitrogens is 2. The van der Waals surface area contributed by atoms with Gasteiger partial charge < -0.3 is 96.2 Å². The van der Waals surface area contributed by atoms with E-state index in [1.807, 2.05) is 0 Å². The number of nitrogens with two attached hydrogens (primary N) is 4. The zero-order valence-electron chi connectivity index (χ0n) is 46.4. The van der Waals surface area contributed by atoms with Crippen molar-refractivity contribution in [2.45, 2.75) is 133 Å². The van der Waals surface area contributed by atoms with Crippen LogP contribution in [0, 0.1) is 11.8 Å². The Morgan fingerprint density at radius 3 is 1.71 bits per heavy atom. The second-order valence-corrected chi connectivity index (χ2v) is 20.7. The maximum atomic E-state index is 14.0. The smallest absolute Gasteiger partial charge is 0.326 e. The van der Waals surface area contributed by atoms with Crippen molar-refractivity contribution < 1.29 is 73.2 Å². The molecule has 9 atom stereocenters. The van der Waals surface area contributed by atoms with Crippen molar-refractivity contribution in [1.29, 1.82) is 0 Å². The summed E-state index contributed by atoms with van der Waals surface area (Å²) >= 11 is 1.35. The minimum Gasteiger partial charge on any atom is -0.508 e. The number of aliphatic carboxylic acids is 1. The van der Waals surface area contributed by atoms with Crippen LogP contribution in [-0.4, -0.2) is 194 Å². The van der Waals surface area contributed by atoms with E-state index in [1.165, 1.54) is 48.6 Å². The molecule has 22 N–H and O–H groups in total. The molecular formula is C50H80N16O15S. The van der Waals surface area contributed by atoms with E-state index in [0.717, 1.165) is 0 Å². The lowest BCUT2D eigenvalue weighted by atomic mass is 10.0. The maximum Gasteiger partial charge on any atom is 0.326 e. The summed E-state index contributed by atoms with van der Waals surface area (Å²) in [6.07, 6.45) is 3.30. The molecule has 1 aromatic carbocycles. The first-order chi connectivity index (χ1) is 38.7. The zero-order valence-corrected chi connectivity index (χ0v) is 47.2. The third-order valence-electron chi connectivity index (χ3n) is 12.1. The number of imidazole rings is 1. The van der Waals surface area contributed by atoms with Crippen molar-refractivity contribution in [2.24, 2.45) is 39.8 Å². The molecule has 82 heavy (non-hydrogen) atoms. The number of benzene rings is 1. The molecule has 0 fully saturated rings. The number of aliphatic imine (C=N–C) groups is 1. The lowest BCUT2D eigenvalue weighted by Crippen LogP contribution is -2.61. The van der Waals surface area contributed by atoms with Gasteiger partial charge in [-0.05, 0) is 73.6 Å². The van der Waals surface area contributed by atoms with Crippen LogP contribution in [0.3, 0.4) is 0 Å². The Labute approximate surface area is 477 Å². The Kier molecular flexibility index (Phi) is 31.0. The predicted molar refractivity (Wildman–Crippen MR) is 298 cm³/mol. The summed E-state index contributed by atoms with van der Waals surface area (Å²) in [5, 5.41) is 61.5. The molecule has 0 aliphatic heterocycles. The first kappa shape index (κ1) is 70.0. The summed E-state index contributed by atoms with van der Waals surface area (Å²) in [5.74, 6) is -11.5. The molecule has 0 saturated carbocycles. The van der Waals surface area contributed by atoms with Crippen LogP contribution in [0.5, 0.6) is 5.75 Å². The number of nitrogens with one attached hydrogen (secondary N) is 10. The number of aromatic amines is 1. The van der Waals surface area contributed by atoms with Gasteiger partial charge in [0.25, 0.3) is 0 Å². The molecule has 2 rings (SSSR count). The van der Waals surface area contributed by atoms with Crippen molar-refractivity contribution >= 4 is 82.8 Å². The van der Waals surface area contributed by atoms with E-state index in [0.29, 0.717) is 17.0 Å². The van der Waals surface area contributed by atoms with E-state index in [2.05, 4.69) is 62.8 Å². The van der Waals surface area contributed by atoms with Gasteiger partial charge in [-0.15, -0.1) is 0 Å². The number of carboxylic acid groups (broad SMARTS) is 1. The SMILES string of the molecule is CSCC[C@H](NC(=O)[C@H](Cc1ccc(O)cc1)NC(=O)CNC(=O)[C@@H](NC(=O)[C@H](CCCN=C(N)N)NC(=O)[C@H](CO)NC(=O)[C@H](CCC(N)=O)NC(=O)[C@H](CC(C)C)NC(=O)[C@@H](N)CO)C(C)C)C(=O)N[C@@H](Cc1cnc[nH]1)C(=O)O. The summed E-state index contributed by atoms with van der Waals surface area (Å²) in [6.45, 7) is 4.00. The van der Waals surface area contributed by atoms with Crippen molar-refractivity contribution in [3.05, 3.63) is 48.0 Å². The minimum absolute atomic E-state index is 0.0356. The minimum atomic E-state index is -1.80. The van der Waals surface area contributed by atoms with Gasteiger partial charge >= 0.3 is 5.97 Å². The Morgan fingerprint density at radius 1 is 0.646 bits per heavy atom. The standard InChI is InChI=1S/C50H80N16O15S/c1-25(2)17-34(63-41(72)30(51)22-67)45(76)61-32(12-13-38(52)70)42(73)65-37(23-68)47(78)60-31(7-6-15-56-50(53)54)44(75)66-40(26(3)4)48(79)57-21-39(71)59-35(18-27-8-10-29(69)11-9-27)46(77)62-33(14-16-82-5)43(74)64-36(49(80)81)19-28-20-55-24-58-28/h8-11,20,24-26,30-37,40,67-69H,6-7,12-19,21-23,51H2,1-5H3,(H2,52,70)(H,55,58)(H,57,79)(H,59,71)(H,60,78)(H,61,76)(H,62,77)(H,63,72)(H,64,74)(H,65,73)(H,66,75)(H,80,81)(H4,53,54,56)/t30-,31-,32-,33-,34-,35-,36-,37-,40-/m0/s1. The molecule has 1 aromatic heterocycles. The molecule has 0 unspecified atom stereocenters. The summed E-state index contributed by atoms with van der Waals surface area (Å²) in [7, 11) is 0. The van der Waals surface area contributed by atoms with Crippen molar-refractivity contribution in [3.63, 3.8) is 0 Å². The number of aliphatic hydroxyl groups excluding tert-OH is 2. The van der Waals surface area contributed by atoms with Gasteiger partial charge in [-0.2, -0.15) is 11.8 Å². The van der Waals surface area contributed by atoms with Crippen LogP contribution in [0.25, 0.3) is 0 Å². The van der Waals surface area contributed by atoms with Gasteiger partial charge in [0.05, 0.1) is 26.1 Å². The number of H-pyrrole nitrogens is 1. The fraction of sp³-hybridized carbons (Fsp3) is 0.580. The number of hydrogen-bond acceptors (Lipinski definition) is 18. The van der Waals surface area contributed by atoms with E-state index >= 15 is 0 Å². The van der Waals surface area contributed by atoms with Gasteiger partial charge in [0.15, 0.2) is 5.96 Å². The largest absolute Gasteiger partial charge is 0.508 e. The van der Waals surface area contributed by atoms with Crippen LogP contribution >= 0.6 is 11.8 Å². The molecule has 10 amide bonds. The first-order valence-electron chi connectivity index (χ1n) is 26.2. The van der Waals surface area contributed by atoms with E-state index in [9.17, 15) is 73.2 Å². The second kappa shape index (κ2) is 36.3. The number of carbonyl (C=O) groups is 11. The van der Waals surface area contributed by atoms with Crippen LogP contribution in [0.4, 0.5) is 0 Å². The number of thioether (sulfide) groups is 1. The first-order valence-corrected chi connectivity index (χ1v) is 27.6. The van der Waals surface area contributed by atoms with Crippen LogP contribution in [0.15, 0.2) is 41.8 Å². The van der Waals surface area contributed by atoms with Crippen LogP contribution in [0.2, 0.25) is 0 Å². The highest BCUT2D eigenvalue weighted by Crippen LogP contribution is 2.14. The summed E-state index contributed by atoms with van der Waals surface area (Å²) in [6, 6.07) is -7.33. The van der Waals surface area contributed by atoms with Gasteiger partial charge in [0.2, 0.25) is 59.1 Å². The maximum absolute atomic E-state index is 14.0. The molecule has 0 saturated heterocycles. The average molecular weight is 1180 g/mol. The lowest BCUT2D eigenvalue weighted by molar-refractivity contribution is -0.142. The van der Waals surface area contributed by atoms with Crippen LogP contribution in [0.1, 0.15) is 77.5 Å². The highest BCUT2D eigenvalue weighted by atomic mass is 32.2. The number of hydrogen-bond donors (Lipinski definition) is 18. The molecule has 456 valence electrons. The van der Waals surface area contributed by atoms with Gasteiger partial charge in [0, 0.05) is 37.7 Å². The molecule has 0 aliphatic rings. The molecule has 32 heteroatoms. The highest BCUT2D eigenvalue weighted by Gasteiger charge is 2.35. The number of aromatic hydroxyl groups is 1. The number of aliphatic hydroxyl groups is 2. The molecule has 0 bridgehead atoms. The fourth-order valence-electron chi connectivity index (χ4n) is 7.66. The van der Waals surface area contributed by atoms with Gasteiger partial charge in [-0.25, -0.2) is 9.78 Å². The van der Waals surface area contributed by atoms with Crippen molar-refractivity contribution in [2.75, 3.05) is 38.3 Å². The number of primary amides is 1. The number of guanidine groups is 1. The second-order valence-electron chi connectivity index (χ2n) is 19.8. The Morgan fingerprint density at radius 2 is 1.18 bits per heavy atom.